The number of pyridine rings is 1. The van der Waals surface area contributed by atoms with E-state index in [1.807, 2.05) is 36.5 Å². The molecular formula is C26H24FN3O2. The molecule has 2 aromatic heterocycles. The molecule has 0 atom stereocenters. The van der Waals surface area contributed by atoms with Gasteiger partial charge in [-0.15, -0.1) is 0 Å². The maximum Gasteiger partial charge on any atom is 0.343 e. The Morgan fingerprint density at radius 3 is 2.47 bits per heavy atom. The summed E-state index contributed by atoms with van der Waals surface area (Å²) in [6.45, 7) is 0. The molecule has 1 saturated carbocycles. The van der Waals surface area contributed by atoms with E-state index in [0.717, 1.165) is 35.6 Å². The smallest absolute Gasteiger partial charge is 0.343 e. The van der Waals surface area contributed by atoms with Crippen LogP contribution in [0.5, 0.6) is 5.75 Å². The third-order valence-corrected chi connectivity index (χ3v) is 5.89. The first-order valence-electron chi connectivity index (χ1n) is 11.0. The van der Waals surface area contributed by atoms with Crippen LogP contribution in [-0.4, -0.2) is 21.4 Å². The summed E-state index contributed by atoms with van der Waals surface area (Å²) in [4.78, 5) is 17.2. The number of nitrogens with one attached hydrogen (secondary N) is 1. The molecule has 162 valence electrons. The summed E-state index contributed by atoms with van der Waals surface area (Å²) in [5.41, 5.74) is 2.99. The zero-order valence-electron chi connectivity index (χ0n) is 17.6. The van der Waals surface area contributed by atoms with Gasteiger partial charge < -0.3 is 10.1 Å². The van der Waals surface area contributed by atoms with Crippen LogP contribution in [0.15, 0.2) is 72.9 Å². The number of imidazole rings is 1. The molecule has 0 radical (unpaired) electrons. The molecule has 0 spiro atoms. The first-order chi connectivity index (χ1) is 15.7. The predicted molar refractivity (Wildman–Crippen MR) is 122 cm³/mol. The van der Waals surface area contributed by atoms with Crippen molar-refractivity contribution in [2.24, 2.45) is 0 Å². The van der Waals surface area contributed by atoms with Gasteiger partial charge in [0.15, 0.2) is 0 Å². The van der Waals surface area contributed by atoms with Crippen molar-refractivity contribution < 1.29 is 13.9 Å². The van der Waals surface area contributed by atoms with Gasteiger partial charge >= 0.3 is 5.97 Å². The summed E-state index contributed by atoms with van der Waals surface area (Å²) >= 11 is 0. The quantitative estimate of drug-likeness (QED) is 0.307. The molecule has 2 aromatic carbocycles. The van der Waals surface area contributed by atoms with Crippen LogP contribution in [0.2, 0.25) is 0 Å². The van der Waals surface area contributed by atoms with Crippen LogP contribution in [0.25, 0.3) is 16.9 Å². The van der Waals surface area contributed by atoms with E-state index in [0.29, 0.717) is 17.4 Å². The number of carbonyl (C=O) groups excluding carboxylic acids is 1. The first kappa shape index (κ1) is 20.2. The van der Waals surface area contributed by atoms with Crippen molar-refractivity contribution in [1.29, 1.82) is 0 Å². The van der Waals surface area contributed by atoms with Crippen LogP contribution in [0, 0.1) is 5.82 Å². The standard InChI is InChI=1S/C26H24FN3O2/c27-20-13-9-19(10-14-20)26(31)32-22-15-11-18(12-16-22)24-25(28-21-6-2-1-3-7-21)30-17-5-4-8-23(30)29-24/h4-5,8-17,21,28H,1-3,6-7H2. The van der Waals surface area contributed by atoms with Crippen molar-refractivity contribution in [1.82, 2.24) is 9.38 Å². The van der Waals surface area contributed by atoms with Gasteiger partial charge in [0, 0.05) is 17.8 Å². The third-order valence-electron chi connectivity index (χ3n) is 5.89. The zero-order chi connectivity index (χ0) is 21.9. The van der Waals surface area contributed by atoms with E-state index >= 15 is 0 Å². The molecule has 0 saturated heterocycles. The number of esters is 1. The SMILES string of the molecule is O=C(Oc1ccc(-c2nc3ccccn3c2NC2CCCCC2)cc1)c1ccc(F)cc1. The van der Waals surface area contributed by atoms with Gasteiger partial charge in [-0.05, 0) is 73.5 Å². The van der Waals surface area contributed by atoms with Crippen molar-refractivity contribution in [3.63, 3.8) is 0 Å². The van der Waals surface area contributed by atoms with Gasteiger partial charge in [-0.2, -0.15) is 0 Å². The van der Waals surface area contributed by atoms with E-state index in [-0.39, 0.29) is 0 Å². The number of aromatic nitrogens is 2. The fourth-order valence-corrected chi connectivity index (χ4v) is 4.21. The minimum Gasteiger partial charge on any atom is -0.423 e. The van der Waals surface area contributed by atoms with Crippen LogP contribution >= 0.6 is 0 Å². The Labute approximate surface area is 185 Å². The number of fused-ring (bicyclic) bond motifs is 1. The number of benzene rings is 2. The highest BCUT2D eigenvalue weighted by Gasteiger charge is 2.19. The molecule has 1 aliphatic rings. The van der Waals surface area contributed by atoms with E-state index in [2.05, 4.69) is 9.72 Å². The Kier molecular flexibility index (Phi) is 5.58. The summed E-state index contributed by atoms with van der Waals surface area (Å²) in [6.07, 6.45) is 8.15. The molecule has 4 aromatic rings. The molecule has 32 heavy (non-hydrogen) atoms. The third kappa shape index (κ3) is 4.21. The second kappa shape index (κ2) is 8.83. The maximum atomic E-state index is 13.1. The fourth-order valence-electron chi connectivity index (χ4n) is 4.21. The number of ether oxygens (including phenoxy) is 1. The van der Waals surface area contributed by atoms with Gasteiger partial charge in [-0.1, -0.05) is 25.3 Å². The van der Waals surface area contributed by atoms with Gasteiger partial charge in [0.1, 0.15) is 28.7 Å². The summed E-state index contributed by atoms with van der Waals surface area (Å²) in [6, 6.07) is 19.0. The lowest BCUT2D eigenvalue weighted by atomic mass is 9.95. The Hall–Kier alpha value is -3.67. The van der Waals surface area contributed by atoms with Gasteiger partial charge in [0.05, 0.1) is 5.56 Å². The van der Waals surface area contributed by atoms with Crippen LogP contribution < -0.4 is 10.1 Å². The maximum absolute atomic E-state index is 13.1. The summed E-state index contributed by atoms with van der Waals surface area (Å²) in [5, 5.41) is 3.73. The number of nitrogens with zero attached hydrogens (tertiary/aromatic N) is 2. The molecule has 1 aliphatic carbocycles. The molecule has 5 nitrogen and oxygen atoms in total. The molecule has 0 aliphatic heterocycles. The predicted octanol–water partition coefficient (Wildman–Crippen LogP) is 6.10. The van der Waals surface area contributed by atoms with Crippen molar-refractivity contribution in [2.45, 2.75) is 38.1 Å². The monoisotopic (exact) mass is 429 g/mol. The molecule has 6 heteroatoms. The zero-order valence-corrected chi connectivity index (χ0v) is 17.6. The van der Waals surface area contributed by atoms with Gasteiger partial charge in [-0.3, -0.25) is 4.40 Å². The highest BCUT2D eigenvalue weighted by molar-refractivity contribution is 5.91. The number of hydrogen-bond donors (Lipinski definition) is 1. The van der Waals surface area contributed by atoms with E-state index in [4.69, 9.17) is 9.72 Å². The lowest BCUT2D eigenvalue weighted by Gasteiger charge is -2.24. The molecular weight excluding hydrogens is 405 g/mol. The molecule has 5 rings (SSSR count). The minimum atomic E-state index is -0.523. The Morgan fingerprint density at radius 2 is 1.72 bits per heavy atom. The number of carbonyl (C=O) groups is 1. The largest absolute Gasteiger partial charge is 0.423 e. The molecule has 0 amide bonds. The van der Waals surface area contributed by atoms with Gasteiger partial charge in [0.2, 0.25) is 0 Å². The minimum absolute atomic E-state index is 0.301. The van der Waals surface area contributed by atoms with Crippen LogP contribution in [0.1, 0.15) is 42.5 Å². The number of anilines is 1. The summed E-state index contributed by atoms with van der Waals surface area (Å²) in [7, 11) is 0. The highest BCUT2D eigenvalue weighted by atomic mass is 19.1. The Bertz CT molecular complexity index is 1230. The second-order valence-electron chi connectivity index (χ2n) is 8.14. The fraction of sp³-hybridized carbons (Fsp3) is 0.231. The van der Waals surface area contributed by atoms with E-state index < -0.39 is 11.8 Å². The van der Waals surface area contributed by atoms with E-state index in [1.54, 1.807) is 12.1 Å². The van der Waals surface area contributed by atoms with Gasteiger partial charge in [-0.25, -0.2) is 14.2 Å². The first-order valence-corrected chi connectivity index (χ1v) is 11.0. The summed E-state index contributed by atoms with van der Waals surface area (Å²) < 4.78 is 20.6. The van der Waals surface area contributed by atoms with E-state index in [9.17, 15) is 9.18 Å². The molecule has 0 unspecified atom stereocenters. The van der Waals surface area contributed by atoms with Crippen molar-refractivity contribution in [3.05, 3.63) is 84.3 Å². The van der Waals surface area contributed by atoms with E-state index in [1.165, 1.54) is 43.5 Å². The molecule has 1 N–H and O–H groups in total. The van der Waals surface area contributed by atoms with Crippen molar-refractivity contribution in [3.8, 4) is 17.0 Å². The van der Waals surface area contributed by atoms with Crippen LogP contribution in [-0.2, 0) is 0 Å². The molecule has 2 heterocycles. The van der Waals surface area contributed by atoms with Crippen molar-refractivity contribution >= 4 is 17.4 Å². The number of hydrogen-bond acceptors (Lipinski definition) is 4. The Morgan fingerprint density at radius 1 is 0.969 bits per heavy atom. The average molecular weight is 429 g/mol. The van der Waals surface area contributed by atoms with Crippen LogP contribution in [0.3, 0.4) is 0 Å². The summed E-state index contributed by atoms with van der Waals surface area (Å²) in [5.74, 6) is 0.498. The topological polar surface area (TPSA) is 55.6 Å². The van der Waals surface area contributed by atoms with Crippen LogP contribution in [0.4, 0.5) is 10.2 Å². The number of halogens is 1. The van der Waals surface area contributed by atoms with Crippen molar-refractivity contribution in [2.75, 3.05) is 5.32 Å². The Balaban J connectivity index is 1.40. The molecule has 1 fully saturated rings. The van der Waals surface area contributed by atoms with Gasteiger partial charge in [0.25, 0.3) is 0 Å². The lowest BCUT2D eigenvalue weighted by molar-refractivity contribution is 0.0734. The number of rotatable bonds is 5. The average Bonchev–Trinajstić information content (AvgIpc) is 3.19. The highest BCUT2D eigenvalue weighted by Crippen LogP contribution is 2.32. The molecule has 0 bridgehead atoms. The lowest BCUT2D eigenvalue weighted by Crippen LogP contribution is -2.23. The normalized spacial score (nSPS) is 14.4. The second-order valence-corrected chi connectivity index (χ2v) is 8.14.